The summed E-state index contributed by atoms with van der Waals surface area (Å²) in [6, 6.07) is 5.53. The van der Waals surface area contributed by atoms with Crippen molar-refractivity contribution in [2.75, 3.05) is 0 Å². The highest BCUT2D eigenvalue weighted by Crippen LogP contribution is 2.42. The summed E-state index contributed by atoms with van der Waals surface area (Å²) in [5, 5.41) is 0. The molecular weight excluding hydrogens is 216 g/mol. The normalized spacial score (nSPS) is 20.6. The minimum Gasteiger partial charge on any atom is -0.451 e. The van der Waals surface area contributed by atoms with Gasteiger partial charge in [-0.15, -0.1) is 0 Å². The first kappa shape index (κ1) is 10.4. The van der Waals surface area contributed by atoms with Crippen molar-refractivity contribution in [2.45, 2.75) is 31.5 Å². The van der Waals surface area contributed by atoms with Crippen LogP contribution in [0.25, 0.3) is 6.08 Å². The first-order valence-corrected chi connectivity index (χ1v) is 5.92. The third kappa shape index (κ3) is 1.54. The van der Waals surface area contributed by atoms with Crippen LogP contribution < -0.4 is 4.74 Å². The fourth-order valence-electron chi connectivity index (χ4n) is 2.58. The van der Waals surface area contributed by atoms with Gasteiger partial charge in [-0.1, -0.05) is 24.8 Å². The Morgan fingerprint density at radius 1 is 1.24 bits per heavy atom. The molecule has 2 aliphatic rings. The standard InChI is InChI=1S/C14H14O3/c1-2-10-6-5-7-11-12(10)13(15)17-14(16-11)8-3-4-9-14/h2,5-7H,1,3-4,8-9H2. The predicted octanol–water partition coefficient (Wildman–Crippen LogP) is 3.15. The third-order valence-electron chi connectivity index (χ3n) is 3.42. The average Bonchev–Trinajstić information content (AvgIpc) is 2.76. The van der Waals surface area contributed by atoms with Gasteiger partial charge in [0, 0.05) is 12.8 Å². The van der Waals surface area contributed by atoms with Crippen LogP contribution >= 0.6 is 0 Å². The maximum atomic E-state index is 12.1. The van der Waals surface area contributed by atoms with Gasteiger partial charge < -0.3 is 9.47 Å². The molecule has 0 saturated heterocycles. The lowest BCUT2D eigenvalue weighted by atomic mass is 10.0. The number of fused-ring (bicyclic) bond motifs is 1. The first-order chi connectivity index (χ1) is 8.24. The Balaban J connectivity index is 2.08. The number of benzene rings is 1. The largest absolute Gasteiger partial charge is 0.451 e. The van der Waals surface area contributed by atoms with Crippen molar-refractivity contribution < 1.29 is 14.3 Å². The molecular formula is C14H14O3. The molecule has 1 spiro atoms. The number of esters is 1. The molecule has 1 aliphatic carbocycles. The van der Waals surface area contributed by atoms with Crippen LogP contribution in [-0.4, -0.2) is 11.8 Å². The maximum Gasteiger partial charge on any atom is 0.345 e. The second kappa shape index (κ2) is 3.62. The van der Waals surface area contributed by atoms with Crippen molar-refractivity contribution in [3.05, 3.63) is 35.9 Å². The van der Waals surface area contributed by atoms with Crippen LogP contribution in [0.5, 0.6) is 5.75 Å². The molecule has 1 aromatic carbocycles. The van der Waals surface area contributed by atoms with Crippen molar-refractivity contribution in [3.8, 4) is 5.75 Å². The number of rotatable bonds is 1. The lowest BCUT2D eigenvalue weighted by Gasteiger charge is -2.35. The molecule has 1 fully saturated rings. The topological polar surface area (TPSA) is 35.5 Å². The summed E-state index contributed by atoms with van der Waals surface area (Å²) in [7, 11) is 0. The molecule has 0 radical (unpaired) electrons. The zero-order valence-corrected chi connectivity index (χ0v) is 9.57. The Morgan fingerprint density at radius 3 is 2.71 bits per heavy atom. The molecule has 1 heterocycles. The van der Waals surface area contributed by atoms with Gasteiger partial charge in [0.05, 0.1) is 0 Å². The zero-order chi connectivity index (χ0) is 11.9. The van der Waals surface area contributed by atoms with E-state index in [1.807, 2.05) is 18.2 Å². The predicted molar refractivity (Wildman–Crippen MR) is 63.8 cm³/mol. The number of hydrogen-bond donors (Lipinski definition) is 0. The van der Waals surface area contributed by atoms with Gasteiger partial charge >= 0.3 is 5.97 Å². The molecule has 1 saturated carbocycles. The second-order valence-corrected chi connectivity index (χ2v) is 4.53. The van der Waals surface area contributed by atoms with E-state index in [9.17, 15) is 4.79 Å². The molecule has 3 rings (SSSR count). The van der Waals surface area contributed by atoms with Crippen LogP contribution in [0, 0.1) is 0 Å². The van der Waals surface area contributed by atoms with E-state index in [2.05, 4.69) is 6.58 Å². The molecule has 88 valence electrons. The summed E-state index contributed by atoms with van der Waals surface area (Å²) in [4.78, 5) is 12.1. The van der Waals surface area contributed by atoms with E-state index >= 15 is 0 Å². The molecule has 0 amide bonds. The van der Waals surface area contributed by atoms with E-state index in [0.29, 0.717) is 11.3 Å². The van der Waals surface area contributed by atoms with Crippen LogP contribution in [0.4, 0.5) is 0 Å². The molecule has 0 atom stereocenters. The maximum absolute atomic E-state index is 12.1. The average molecular weight is 230 g/mol. The van der Waals surface area contributed by atoms with Crippen LogP contribution in [0.2, 0.25) is 0 Å². The van der Waals surface area contributed by atoms with Gasteiger partial charge in [-0.25, -0.2) is 4.79 Å². The van der Waals surface area contributed by atoms with Crippen molar-refractivity contribution in [2.24, 2.45) is 0 Å². The first-order valence-electron chi connectivity index (χ1n) is 5.92. The molecule has 0 aromatic heterocycles. The molecule has 1 aromatic rings. The zero-order valence-electron chi connectivity index (χ0n) is 9.57. The summed E-state index contributed by atoms with van der Waals surface area (Å²) >= 11 is 0. The van der Waals surface area contributed by atoms with Gasteiger partial charge in [-0.3, -0.25) is 0 Å². The summed E-state index contributed by atoms with van der Waals surface area (Å²) < 4.78 is 11.4. The van der Waals surface area contributed by atoms with Crippen molar-refractivity contribution >= 4 is 12.0 Å². The molecule has 1 aliphatic heterocycles. The van der Waals surface area contributed by atoms with Crippen LogP contribution in [0.15, 0.2) is 24.8 Å². The number of carbonyl (C=O) groups excluding carboxylic acids is 1. The third-order valence-corrected chi connectivity index (χ3v) is 3.42. The lowest BCUT2D eigenvalue weighted by molar-refractivity contribution is -0.148. The van der Waals surface area contributed by atoms with Crippen molar-refractivity contribution in [1.29, 1.82) is 0 Å². The Hall–Kier alpha value is -1.77. The molecule has 3 nitrogen and oxygen atoms in total. The highest BCUT2D eigenvalue weighted by molar-refractivity contribution is 5.97. The summed E-state index contributed by atoms with van der Waals surface area (Å²) in [6.45, 7) is 3.70. The fourth-order valence-corrected chi connectivity index (χ4v) is 2.58. The Bertz CT molecular complexity index is 484. The summed E-state index contributed by atoms with van der Waals surface area (Å²) in [5.41, 5.74) is 1.26. The SMILES string of the molecule is C=Cc1cccc2c1C(=O)OC1(CCCC1)O2. The van der Waals surface area contributed by atoms with E-state index in [-0.39, 0.29) is 5.97 Å². The number of carbonyl (C=O) groups is 1. The molecule has 0 N–H and O–H groups in total. The van der Waals surface area contributed by atoms with Crippen LogP contribution in [0.1, 0.15) is 41.6 Å². The van der Waals surface area contributed by atoms with Gasteiger partial charge in [-0.05, 0) is 24.5 Å². The number of hydrogen-bond acceptors (Lipinski definition) is 3. The van der Waals surface area contributed by atoms with Crippen molar-refractivity contribution in [1.82, 2.24) is 0 Å². The Kier molecular flexibility index (Phi) is 2.21. The monoisotopic (exact) mass is 230 g/mol. The second-order valence-electron chi connectivity index (χ2n) is 4.53. The van der Waals surface area contributed by atoms with E-state index in [4.69, 9.17) is 9.47 Å². The number of ether oxygens (including phenoxy) is 2. The minimum absolute atomic E-state index is 0.288. The smallest absolute Gasteiger partial charge is 0.345 e. The van der Waals surface area contributed by atoms with E-state index in [1.54, 1.807) is 6.08 Å². The summed E-state index contributed by atoms with van der Waals surface area (Å²) in [5.74, 6) is -0.367. The quantitative estimate of drug-likeness (QED) is 0.695. The fraction of sp³-hybridized carbons (Fsp3) is 0.357. The highest BCUT2D eigenvalue weighted by Gasteiger charge is 2.45. The van der Waals surface area contributed by atoms with Gasteiger partial charge in [0.1, 0.15) is 11.3 Å². The van der Waals surface area contributed by atoms with Crippen molar-refractivity contribution in [3.63, 3.8) is 0 Å². The van der Waals surface area contributed by atoms with E-state index < -0.39 is 5.79 Å². The van der Waals surface area contributed by atoms with E-state index in [0.717, 1.165) is 31.2 Å². The molecule has 17 heavy (non-hydrogen) atoms. The molecule has 3 heteroatoms. The van der Waals surface area contributed by atoms with Gasteiger partial charge in [-0.2, -0.15) is 0 Å². The molecule has 0 bridgehead atoms. The lowest BCUT2D eigenvalue weighted by Crippen LogP contribution is -2.42. The van der Waals surface area contributed by atoms with Gasteiger partial charge in [0.15, 0.2) is 0 Å². The Morgan fingerprint density at radius 2 is 2.00 bits per heavy atom. The van der Waals surface area contributed by atoms with E-state index in [1.165, 1.54) is 0 Å². The Labute approximate surface area is 100 Å². The van der Waals surface area contributed by atoms with Gasteiger partial charge in [0.25, 0.3) is 5.79 Å². The highest BCUT2D eigenvalue weighted by atomic mass is 16.7. The minimum atomic E-state index is -0.704. The van der Waals surface area contributed by atoms with Gasteiger partial charge in [0.2, 0.25) is 0 Å². The molecule has 0 unspecified atom stereocenters. The van der Waals surface area contributed by atoms with Crippen LogP contribution in [0.3, 0.4) is 0 Å². The van der Waals surface area contributed by atoms with Crippen LogP contribution in [-0.2, 0) is 4.74 Å². The summed E-state index contributed by atoms with van der Waals surface area (Å²) in [6.07, 6.45) is 5.32.